The van der Waals surface area contributed by atoms with E-state index in [1.54, 1.807) is 25.6 Å². The number of carbonyl (C=O) groups excluding carboxylic acids is 1. The van der Waals surface area contributed by atoms with E-state index in [0.717, 1.165) is 35.1 Å². The Morgan fingerprint density at radius 1 is 1.18 bits per heavy atom. The molecule has 1 aliphatic rings. The van der Waals surface area contributed by atoms with Crippen LogP contribution in [0.4, 0.5) is 5.82 Å². The number of benzene rings is 1. The summed E-state index contributed by atoms with van der Waals surface area (Å²) >= 11 is 0. The molecule has 0 unspecified atom stereocenters. The molecule has 1 aliphatic carbocycles. The average molecular weight is 444 g/mol. The van der Waals surface area contributed by atoms with Crippen LogP contribution in [0.25, 0.3) is 11.0 Å². The zero-order valence-electron chi connectivity index (χ0n) is 18.3. The van der Waals surface area contributed by atoms with Crippen LogP contribution in [0.5, 0.6) is 0 Å². The number of nitrogens with zero attached hydrogens (tertiary/aromatic N) is 4. The average Bonchev–Trinajstić information content (AvgIpc) is 3.48. The number of hydrogen-bond acceptors (Lipinski definition) is 6. The van der Waals surface area contributed by atoms with Crippen LogP contribution in [-0.4, -0.2) is 37.0 Å². The Morgan fingerprint density at radius 3 is 2.85 bits per heavy atom. The number of pyridine rings is 1. The fourth-order valence-electron chi connectivity index (χ4n) is 3.99. The molecule has 0 aliphatic heterocycles. The number of fused-ring (bicyclic) bond motifs is 1. The van der Waals surface area contributed by atoms with Crippen molar-refractivity contribution in [3.8, 4) is 0 Å². The normalized spacial score (nSPS) is 14.2. The minimum absolute atomic E-state index is 0.0573. The van der Waals surface area contributed by atoms with Gasteiger partial charge in [0.1, 0.15) is 6.54 Å². The molecule has 0 bridgehead atoms. The number of H-pyrrole nitrogens is 1. The molecule has 3 aromatic heterocycles. The van der Waals surface area contributed by atoms with Gasteiger partial charge in [0, 0.05) is 42.3 Å². The maximum Gasteiger partial charge on any atom is 0.293 e. The largest absolute Gasteiger partial charge is 0.365 e. The van der Waals surface area contributed by atoms with Gasteiger partial charge in [-0.1, -0.05) is 12.1 Å². The number of nitrogens with one attached hydrogen (secondary N) is 3. The van der Waals surface area contributed by atoms with E-state index in [1.165, 1.54) is 4.57 Å². The van der Waals surface area contributed by atoms with Crippen LogP contribution >= 0.6 is 0 Å². The highest BCUT2D eigenvalue weighted by Gasteiger charge is 2.45. The van der Waals surface area contributed by atoms with Gasteiger partial charge < -0.3 is 15.6 Å². The molecule has 33 heavy (non-hydrogen) atoms. The van der Waals surface area contributed by atoms with Gasteiger partial charge in [-0.25, -0.2) is 9.97 Å². The summed E-state index contributed by atoms with van der Waals surface area (Å²) in [4.78, 5) is 41.6. The number of amides is 1. The van der Waals surface area contributed by atoms with Crippen molar-refractivity contribution in [2.45, 2.75) is 38.3 Å². The van der Waals surface area contributed by atoms with Crippen molar-refractivity contribution in [3.63, 3.8) is 0 Å². The number of anilines is 1. The molecule has 9 heteroatoms. The van der Waals surface area contributed by atoms with Gasteiger partial charge >= 0.3 is 0 Å². The molecule has 1 fully saturated rings. The summed E-state index contributed by atoms with van der Waals surface area (Å²) in [6.45, 7) is 2.65. The number of rotatable bonds is 8. The first-order valence-corrected chi connectivity index (χ1v) is 10.9. The quantitative estimate of drug-likeness (QED) is 0.385. The molecule has 5 rings (SSSR count). The summed E-state index contributed by atoms with van der Waals surface area (Å²) in [5.74, 6) is 0.00880. The van der Waals surface area contributed by atoms with E-state index >= 15 is 0 Å². The highest BCUT2D eigenvalue weighted by atomic mass is 16.2. The number of aromatic nitrogens is 5. The Kier molecular flexibility index (Phi) is 5.37. The van der Waals surface area contributed by atoms with Crippen molar-refractivity contribution in [2.24, 2.45) is 0 Å². The van der Waals surface area contributed by atoms with Crippen LogP contribution in [0.3, 0.4) is 0 Å². The van der Waals surface area contributed by atoms with Gasteiger partial charge in [-0.15, -0.1) is 0 Å². The third-order valence-corrected chi connectivity index (χ3v) is 6.19. The summed E-state index contributed by atoms with van der Waals surface area (Å²) in [5, 5.41) is 6.09. The SMILES string of the molecule is Cc1cnc(NCC2(c3ccccn3)CC2)c(=O)n1CC(=O)NCc1ccc2nc[nH]c2c1. The number of hydrogen-bond donors (Lipinski definition) is 3. The lowest BCUT2D eigenvalue weighted by Crippen LogP contribution is -2.35. The predicted octanol–water partition coefficient (Wildman–Crippen LogP) is 2.28. The van der Waals surface area contributed by atoms with Crippen molar-refractivity contribution >= 4 is 22.8 Å². The fourth-order valence-corrected chi connectivity index (χ4v) is 3.99. The maximum atomic E-state index is 13.0. The molecule has 0 atom stereocenters. The van der Waals surface area contributed by atoms with Crippen LogP contribution in [0, 0.1) is 6.92 Å². The summed E-state index contributed by atoms with van der Waals surface area (Å²) in [5.41, 5.74) is 4.03. The molecular formula is C24H25N7O2. The highest BCUT2D eigenvalue weighted by molar-refractivity contribution is 5.77. The molecule has 0 radical (unpaired) electrons. The first-order chi connectivity index (χ1) is 16.0. The fraction of sp³-hybridized carbons (Fsp3) is 0.292. The van der Waals surface area contributed by atoms with E-state index in [0.29, 0.717) is 18.8 Å². The van der Waals surface area contributed by atoms with E-state index in [1.807, 2.05) is 36.4 Å². The van der Waals surface area contributed by atoms with Crippen LogP contribution in [0.2, 0.25) is 0 Å². The summed E-state index contributed by atoms with van der Waals surface area (Å²) < 4.78 is 1.45. The molecule has 168 valence electrons. The topological polar surface area (TPSA) is 118 Å². The van der Waals surface area contributed by atoms with Crippen molar-refractivity contribution < 1.29 is 4.79 Å². The van der Waals surface area contributed by atoms with Gasteiger partial charge in [0.05, 0.1) is 17.4 Å². The summed E-state index contributed by atoms with van der Waals surface area (Å²) in [6.07, 6.45) is 7.08. The van der Waals surface area contributed by atoms with Crippen LogP contribution in [-0.2, 0) is 23.3 Å². The lowest BCUT2D eigenvalue weighted by molar-refractivity contribution is -0.121. The molecule has 0 spiro atoms. The number of aromatic amines is 1. The van der Waals surface area contributed by atoms with Crippen LogP contribution < -0.4 is 16.2 Å². The Labute approximate surface area is 190 Å². The van der Waals surface area contributed by atoms with E-state index in [-0.39, 0.29) is 29.2 Å². The minimum Gasteiger partial charge on any atom is -0.365 e. The third kappa shape index (κ3) is 4.34. The summed E-state index contributed by atoms with van der Waals surface area (Å²) in [7, 11) is 0. The monoisotopic (exact) mass is 443 g/mol. The smallest absolute Gasteiger partial charge is 0.293 e. The van der Waals surface area contributed by atoms with Gasteiger partial charge in [-0.2, -0.15) is 0 Å². The van der Waals surface area contributed by atoms with E-state index in [4.69, 9.17) is 0 Å². The Morgan fingerprint density at radius 2 is 2.06 bits per heavy atom. The zero-order chi connectivity index (χ0) is 22.8. The van der Waals surface area contributed by atoms with Crippen molar-refractivity contribution in [2.75, 3.05) is 11.9 Å². The van der Waals surface area contributed by atoms with Gasteiger partial charge in [-0.05, 0) is 49.6 Å². The molecule has 1 amide bonds. The Bertz CT molecular complexity index is 1360. The first kappa shape index (κ1) is 20.9. The van der Waals surface area contributed by atoms with Crippen molar-refractivity contribution in [3.05, 3.63) is 82.4 Å². The zero-order valence-corrected chi connectivity index (χ0v) is 18.3. The van der Waals surface area contributed by atoms with Gasteiger partial charge in [-0.3, -0.25) is 19.1 Å². The molecular weight excluding hydrogens is 418 g/mol. The molecule has 4 aromatic rings. The van der Waals surface area contributed by atoms with Gasteiger partial charge in [0.2, 0.25) is 5.91 Å². The lowest BCUT2D eigenvalue weighted by atomic mass is 10.0. The van der Waals surface area contributed by atoms with Crippen LogP contribution in [0.15, 0.2) is 59.9 Å². The first-order valence-electron chi connectivity index (χ1n) is 10.9. The second-order valence-corrected chi connectivity index (χ2v) is 8.52. The number of aryl methyl sites for hydroxylation is 1. The van der Waals surface area contributed by atoms with Crippen LogP contribution in [0.1, 0.15) is 29.8 Å². The Hall–Kier alpha value is -4.01. The van der Waals surface area contributed by atoms with Gasteiger partial charge in [0.25, 0.3) is 5.56 Å². The molecule has 9 nitrogen and oxygen atoms in total. The summed E-state index contributed by atoms with van der Waals surface area (Å²) in [6, 6.07) is 11.7. The molecule has 0 saturated heterocycles. The number of imidazole rings is 1. The second-order valence-electron chi connectivity index (χ2n) is 8.52. The lowest BCUT2D eigenvalue weighted by Gasteiger charge is -2.17. The second kappa shape index (κ2) is 8.50. The third-order valence-electron chi connectivity index (χ3n) is 6.19. The van der Waals surface area contributed by atoms with E-state index in [9.17, 15) is 9.59 Å². The predicted molar refractivity (Wildman–Crippen MR) is 125 cm³/mol. The number of carbonyl (C=O) groups is 1. The van der Waals surface area contributed by atoms with E-state index < -0.39 is 0 Å². The highest BCUT2D eigenvalue weighted by Crippen LogP contribution is 2.47. The molecule has 1 saturated carbocycles. The maximum absolute atomic E-state index is 13.0. The molecule has 1 aromatic carbocycles. The van der Waals surface area contributed by atoms with Crippen molar-refractivity contribution in [1.82, 2.24) is 29.8 Å². The molecule has 3 N–H and O–H groups in total. The minimum atomic E-state index is -0.305. The van der Waals surface area contributed by atoms with E-state index in [2.05, 4.69) is 30.6 Å². The standard InChI is InChI=1S/C24H25N7O2/c1-16-11-27-22(28-14-24(7-8-24)20-4-2-3-9-25-20)23(33)31(16)13-21(32)26-12-17-5-6-18-19(10-17)30-15-29-18/h2-6,9-11,15H,7-8,12-14H2,1H3,(H,26,32)(H,27,28)(H,29,30). The Balaban J connectivity index is 1.24. The van der Waals surface area contributed by atoms with Crippen molar-refractivity contribution in [1.29, 1.82) is 0 Å². The molecule has 3 heterocycles. The van der Waals surface area contributed by atoms with Gasteiger partial charge in [0.15, 0.2) is 5.82 Å².